The minimum absolute atomic E-state index is 0.676. The van der Waals surface area contributed by atoms with Crippen LogP contribution in [0.2, 0.25) is 0 Å². The van der Waals surface area contributed by atoms with Gasteiger partial charge in [0.1, 0.15) is 0 Å². The second kappa shape index (κ2) is 9.00. The van der Waals surface area contributed by atoms with Crippen molar-refractivity contribution >= 4 is 0 Å². The Balaban J connectivity index is 2.78. The fourth-order valence-electron chi connectivity index (χ4n) is 2.64. The summed E-state index contributed by atoms with van der Waals surface area (Å²) in [7, 11) is 0. The van der Waals surface area contributed by atoms with Crippen molar-refractivity contribution in [3.8, 4) is 0 Å². The molecule has 0 saturated carbocycles. The van der Waals surface area contributed by atoms with Crippen LogP contribution in [-0.2, 0) is 0 Å². The molecule has 0 heteroatoms. The zero-order valence-corrected chi connectivity index (χ0v) is 13.9. The molecule has 112 valence electrons. The third-order valence-electron chi connectivity index (χ3n) is 4.30. The fourth-order valence-corrected chi connectivity index (χ4v) is 2.64. The van der Waals surface area contributed by atoms with E-state index < -0.39 is 0 Å². The molecule has 0 saturated heterocycles. The van der Waals surface area contributed by atoms with Crippen LogP contribution in [0, 0.1) is 11.8 Å². The summed E-state index contributed by atoms with van der Waals surface area (Å²) in [5, 5.41) is 0. The van der Waals surface area contributed by atoms with E-state index in [0.717, 1.165) is 12.8 Å². The second-order valence-corrected chi connectivity index (χ2v) is 6.64. The second-order valence-electron chi connectivity index (χ2n) is 6.64. The Bertz CT molecular complexity index is 390. The highest BCUT2D eigenvalue weighted by Gasteiger charge is 2.10. The van der Waals surface area contributed by atoms with Crippen LogP contribution in [0.5, 0.6) is 0 Å². The number of rotatable bonds is 1. The quantitative estimate of drug-likeness (QED) is 0.471. The summed E-state index contributed by atoms with van der Waals surface area (Å²) < 4.78 is 0. The molecule has 0 radical (unpaired) electrons. The van der Waals surface area contributed by atoms with E-state index in [0.29, 0.717) is 11.8 Å². The van der Waals surface area contributed by atoms with Crippen molar-refractivity contribution in [2.75, 3.05) is 0 Å². The van der Waals surface area contributed by atoms with Gasteiger partial charge in [-0.25, -0.2) is 0 Å². The van der Waals surface area contributed by atoms with E-state index in [-0.39, 0.29) is 0 Å². The number of allylic oxidation sites excluding steroid dienone is 7. The number of hydrogen-bond donors (Lipinski definition) is 0. The smallest absolute Gasteiger partial charge is 0.0204 e. The SMILES string of the molecule is C=C1/C=C\[C@H](C(C)C)CC/C(C)=C\CC/C(C)=C\CC1. The lowest BCUT2D eigenvalue weighted by atomic mass is 9.88. The molecule has 0 heterocycles. The molecule has 0 N–H and O–H groups in total. The van der Waals surface area contributed by atoms with Crippen LogP contribution in [0.4, 0.5) is 0 Å². The largest absolute Gasteiger partial charge is 0.0958 e. The molecule has 0 aromatic carbocycles. The summed E-state index contributed by atoms with van der Waals surface area (Å²) in [4.78, 5) is 0. The van der Waals surface area contributed by atoms with E-state index in [4.69, 9.17) is 0 Å². The van der Waals surface area contributed by atoms with Crippen LogP contribution in [-0.4, -0.2) is 0 Å². The maximum absolute atomic E-state index is 4.19. The average molecular weight is 272 g/mol. The Morgan fingerprint density at radius 2 is 1.60 bits per heavy atom. The molecule has 0 aromatic heterocycles. The normalized spacial score (nSPS) is 30.1. The van der Waals surface area contributed by atoms with Gasteiger partial charge in [0.25, 0.3) is 0 Å². The maximum atomic E-state index is 4.19. The Kier molecular flexibility index (Phi) is 7.65. The molecule has 0 fully saturated rings. The molecule has 0 amide bonds. The summed E-state index contributed by atoms with van der Waals surface area (Å²) >= 11 is 0. The number of hydrogen-bond acceptors (Lipinski definition) is 0. The molecule has 1 rings (SSSR count). The Hall–Kier alpha value is -1.04. The van der Waals surface area contributed by atoms with Gasteiger partial charge in [-0.3, -0.25) is 0 Å². The molecule has 0 unspecified atom stereocenters. The molecule has 1 atom stereocenters. The van der Waals surface area contributed by atoms with E-state index in [1.54, 1.807) is 5.57 Å². The third kappa shape index (κ3) is 6.93. The van der Waals surface area contributed by atoms with E-state index in [2.05, 4.69) is 58.6 Å². The van der Waals surface area contributed by atoms with Crippen molar-refractivity contribution < 1.29 is 0 Å². The fraction of sp³-hybridized carbons (Fsp3) is 0.600. The van der Waals surface area contributed by atoms with Crippen LogP contribution in [0.25, 0.3) is 0 Å². The van der Waals surface area contributed by atoms with Crippen LogP contribution in [0.3, 0.4) is 0 Å². The van der Waals surface area contributed by atoms with Gasteiger partial charge in [-0.1, -0.05) is 61.4 Å². The predicted molar refractivity (Wildman–Crippen MR) is 91.8 cm³/mol. The van der Waals surface area contributed by atoms with Crippen LogP contribution in [0.1, 0.15) is 66.2 Å². The summed E-state index contributed by atoms with van der Waals surface area (Å²) in [6, 6.07) is 0. The van der Waals surface area contributed by atoms with E-state index in [1.165, 1.54) is 36.8 Å². The highest BCUT2D eigenvalue weighted by Crippen LogP contribution is 2.23. The third-order valence-corrected chi connectivity index (χ3v) is 4.30. The molecule has 0 nitrogen and oxygen atoms in total. The highest BCUT2D eigenvalue weighted by atomic mass is 14.2. The molecular formula is C20H32. The minimum Gasteiger partial charge on any atom is -0.0958 e. The Labute approximate surface area is 126 Å². The Morgan fingerprint density at radius 1 is 1.00 bits per heavy atom. The van der Waals surface area contributed by atoms with Crippen molar-refractivity contribution in [3.05, 3.63) is 47.6 Å². The van der Waals surface area contributed by atoms with Crippen LogP contribution >= 0.6 is 0 Å². The zero-order chi connectivity index (χ0) is 15.0. The average Bonchev–Trinajstić information content (AvgIpc) is 2.37. The van der Waals surface area contributed by atoms with Gasteiger partial charge in [-0.2, -0.15) is 0 Å². The lowest BCUT2D eigenvalue weighted by Crippen LogP contribution is -2.06. The minimum atomic E-state index is 0.676. The van der Waals surface area contributed by atoms with Crippen molar-refractivity contribution in [1.29, 1.82) is 0 Å². The van der Waals surface area contributed by atoms with Gasteiger partial charge in [0.2, 0.25) is 0 Å². The standard InChI is InChI=1S/C20H32/c1-16(2)20-14-12-18(4)10-6-8-17(3)9-7-11-19(5)13-15-20/h8,11-12,14,16,20H,4,6-7,9-10,13,15H2,1-3,5H3/b14-12-,17-8-,19-11-/t20-/m0/s1. The van der Waals surface area contributed by atoms with Crippen LogP contribution < -0.4 is 0 Å². The van der Waals surface area contributed by atoms with Crippen molar-refractivity contribution in [2.24, 2.45) is 11.8 Å². The van der Waals surface area contributed by atoms with Gasteiger partial charge >= 0.3 is 0 Å². The van der Waals surface area contributed by atoms with E-state index >= 15 is 0 Å². The lowest BCUT2D eigenvalue weighted by Gasteiger charge is -2.17. The first kappa shape index (κ1) is 17.0. The first-order valence-corrected chi connectivity index (χ1v) is 8.16. The molecule has 20 heavy (non-hydrogen) atoms. The van der Waals surface area contributed by atoms with E-state index in [9.17, 15) is 0 Å². The lowest BCUT2D eigenvalue weighted by molar-refractivity contribution is 0.435. The molecular weight excluding hydrogens is 240 g/mol. The van der Waals surface area contributed by atoms with Crippen LogP contribution in [0.15, 0.2) is 47.6 Å². The summed E-state index contributed by atoms with van der Waals surface area (Å²) in [5.74, 6) is 1.39. The van der Waals surface area contributed by atoms with Crippen molar-refractivity contribution in [2.45, 2.75) is 66.2 Å². The summed E-state index contributed by atoms with van der Waals surface area (Å²) in [6.07, 6.45) is 16.6. The highest BCUT2D eigenvalue weighted by molar-refractivity contribution is 5.17. The van der Waals surface area contributed by atoms with Gasteiger partial charge in [-0.15, -0.1) is 0 Å². The Morgan fingerprint density at radius 3 is 2.25 bits per heavy atom. The zero-order valence-electron chi connectivity index (χ0n) is 13.9. The monoisotopic (exact) mass is 272 g/mol. The summed E-state index contributed by atoms with van der Waals surface area (Å²) in [6.45, 7) is 13.4. The molecule has 1 aliphatic rings. The van der Waals surface area contributed by atoms with Gasteiger partial charge in [0.05, 0.1) is 0 Å². The molecule has 0 aromatic rings. The summed E-state index contributed by atoms with van der Waals surface area (Å²) in [5.41, 5.74) is 4.33. The topological polar surface area (TPSA) is 0 Å². The molecule has 1 aliphatic carbocycles. The molecule has 0 spiro atoms. The maximum Gasteiger partial charge on any atom is -0.0204 e. The van der Waals surface area contributed by atoms with Gasteiger partial charge < -0.3 is 0 Å². The van der Waals surface area contributed by atoms with Gasteiger partial charge in [-0.05, 0) is 64.2 Å². The van der Waals surface area contributed by atoms with Crippen molar-refractivity contribution in [1.82, 2.24) is 0 Å². The predicted octanol–water partition coefficient (Wildman–Crippen LogP) is 6.62. The van der Waals surface area contributed by atoms with Crippen molar-refractivity contribution in [3.63, 3.8) is 0 Å². The van der Waals surface area contributed by atoms with Gasteiger partial charge in [0, 0.05) is 0 Å². The van der Waals surface area contributed by atoms with E-state index in [1.807, 2.05) is 0 Å². The first-order chi connectivity index (χ1) is 9.49. The molecule has 0 aliphatic heterocycles. The van der Waals surface area contributed by atoms with Gasteiger partial charge in [0.15, 0.2) is 0 Å². The first-order valence-electron chi connectivity index (χ1n) is 8.16. The molecule has 0 bridgehead atoms.